The van der Waals surface area contributed by atoms with Crippen molar-refractivity contribution in [3.05, 3.63) is 66.0 Å². The number of benzene rings is 2. The Hall–Kier alpha value is -2.62. The van der Waals surface area contributed by atoms with Crippen molar-refractivity contribution in [2.45, 2.75) is 64.5 Å². The van der Waals surface area contributed by atoms with Gasteiger partial charge in [-0.3, -0.25) is 4.79 Å². The molecule has 0 bridgehead atoms. The van der Waals surface area contributed by atoms with E-state index in [-0.39, 0.29) is 17.9 Å². The topological polar surface area (TPSA) is 46.9 Å². The van der Waals surface area contributed by atoms with Crippen molar-refractivity contribution < 1.29 is 4.79 Å². The van der Waals surface area contributed by atoms with Gasteiger partial charge in [0.1, 0.15) is 5.82 Å². The van der Waals surface area contributed by atoms with Crippen molar-refractivity contribution in [1.29, 1.82) is 0 Å². The summed E-state index contributed by atoms with van der Waals surface area (Å²) in [5.74, 6) is 1.32. The number of carbonyl (C=O) groups excluding carboxylic acids is 1. The molecule has 0 radical (unpaired) electrons. The molecule has 0 saturated heterocycles. The van der Waals surface area contributed by atoms with Crippen LogP contribution in [0.5, 0.6) is 0 Å². The number of hydrogen-bond donors (Lipinski definition) is 1. The Morgan fingerprint density at radius 3 is 2.59 bits per heavy atom. The van der Waals surface area contributed by atoms with Gasteiger partial charge in [0.05, 0.1) is 17.1 Å². The van der Waals surface area contributed by atoms with E-state index in [1.54, 1.807) is 0 Å². The molecule has 4 heteroatoms. The highest BCUT2D eigenvalue weighted by Gasteiger charge is 2.24. The van der Waals surface area contributed by atoms with Crippen LogP contribution in [0.4, 0.5) is 0 Å². The first-order chi connectivity index (χ1) is 14.2. The number of para-hydroxylation sites is 2. The maximum absolute atomic E-state index is 12.8. The van der Waals surface area contributed by atoms with Crippen LogP contribution in [0.1, 0.15) is 62.9 Å². The molecule has 152 valence electrons. The highest BCUT2D eigenvalue weighted by molar-refractivity contribution is 5.80. The van der Waals surface area contributed by atoms with Gasteiger partial charge in [0.25, 0.3) is 0 Å². The number of nitrogens with one attached hydrogen (secondary N) is 1. The molecule has 1 aliphatic carbocycles. The Labute approximate surface area is 173 Å². The molecule has 1 fully saturated rings. The Balaban J connectivity index is 1.50. The van der Waals surface area contributed by atoms with E-state index in [4.69, 9.17) is 4.98 Å². The molecule has 1 amide bonds. The van der Waals surface area contributed by atoms with Gasteiger partial charge >= 0.3 is 0 Å². The molecule has 3 aromatic rings. The van der Waals surface area contributed by atoms with E-state index in [0.717, 1.165) is 49.1 Å². The number of fused-ring (bicyclic) bond motifs is 1. The SMILES string of the molecule is CC(NC(=O)C1CCCCC1)c1nc2ccccc2n1CCCc1ccccc1. The Bertz CT molecular complexity index is 941. The normalized spacial score (nSPS) is 16.0. The van der Waals surface area contributed by atoms with Crippen LogP contribution in [0.25, 0.3) is 11.0 Å². The van der Waals surface area contributed by atoms with E-state index < -0.39 is 0 Å². The van der Waals surface area contributed by atoms with Gasteiger partial charge in [-0.05, 0) is 50.3 Å². The Morgan fingerprint density at radius 1 is 1.07 bits per heavy atom. The number of hydrogen-bond acceptors (Lipinski definition) is 2. The van der Waals surface area contributed by atoms with E-state index in [0.29, 0.717) is 0 Å². The minimum absolute atomic E-state index is 0.0893. The third-order valence-corrected chi connectivity index (χ3v) is 6.10. The second kappa shape index (κ2) is 9.25. The molecule has 1 aromatic heterocycles. The molecule has 0 aliphatic heterocycles. The van der Waals surface area contributed by atoms with Crippen LogP contribution >= 0.6 is 0 Å². The number of aromatic nitrogens is 2. The van der Waals surface area contributed by atoms with Gasteiger partial charge in [-0.25, -0.2) is 4.98 Å². The molecule has 1 saturated carbocycles. The van der Waals surface area contributed by atoms with E-state index >= 15 is 0 Å². The van der Waals surface area contributed by atoms with Crippen molar-refractivity contribution in [2.24, 2.45) is 5.92 Å². The van der Waals surface area contributed by atoms with Crippen molar-refractivity contribution in [3.8, 4) is 0 Å². The minimum atomic E-state index is -0.0893. The number of rotatable bonds is 7. The van der Waals surface area contributed by atoms with Crippen LogP contribution in [0.15, 0.2) is 54.6 Å². The largest absolute Gasteiger partial charge is 0.346 e. The minimum Gasteiger partial charge on any atom is -0.346 e. The smallest absolute Gasteiger partial charge is 0.223 e. The first kappa shape index (κ1) is 19.7. The quantitative estimate of drug-likeness (QED) is 0.586. The zero-order chi connectivity index (χ0) is 20.1. The predicted molar refractivity (Wildman–Crippen MR) is 118 cm³/mol. The van der Waals surface area contributed by atoms with Crippen molar-refractivity contribution in [3.63, 3.8) is 0 Å². The maximum atomic E-state index is 12.8. The monoisotopic (exact) mass is 389 g/mol. The lowest BCUT2D eigenvalue weighted by Crippen LogP contribution is -2.35. The van der Waals surface area contributed by atoms with Crippen LogP contribution in [-0.4, -0.2) is 15.5 Å². The van der Waals surface area contributed by atoms with Crippen LogP contribution in [0.3, 0.4) is 0 Å². The van der Waals surface area contributed by atoms with Gasteiger partial charge in [-0.1, -0.05) is 61.7 Å². The van der Waals surface area contributed by atoms with E-state index in [1.165, 1.54) is 24.8 Å². The highest BCUT2D eigenvalue weighted by Crippen LogP contribution is 2.26. The Morgan fingerprint density at radius 2 is 1.79 bits per heavy atom. The number of imidazole rings is 1. The second-order valence-corrected chi connectivity index (χ2v) is 8.26. The number of aryl methyl sites for hydroxylation is 2. The summed E-state index contributed by atoms with van der Waals surface area (Å²) in [6.07, 6.45) is 7.72. The van der Waals surface area contributed by atoms with Gasteiger partial charge in [0.15, 0.2) is 0 Å². The summed E-state index contributed by atoms with van der Waals surface area (Å²) >= 11 is 0. The fourth-order valence-corrected chi connectivity index (χ4v) is 4.51. The fraction of sp³-hybridized carbons (Fsp3) is 0.440. The summed E-state index contributed by atoms with van der Waals surface area (Å²) in [7, 11) is 0. The highest BCUT2D eigenvalue weighted by atomic mass is 16.1. The lowest BCUT2D eigenvalue weighted by Gasteiger charge is -2.23. The van der Waals surface area contributed by atoms with E-state index in [1.807, 2.05) is 6.07 Å². The first-order valence-corrected chi connectivity index (χ1v) is 11.0. The van der Waals surface area contributed by atoms with Crippen LogP contribution in [0, 0.1) is 5.92 Å². The van der Waals surface area contributed by atoms with Gasteiger partial charge < -0.3 is 9.88 Å². The summed E-state index contributed by atoms with van der Waals surface area (Å²) in [6, 6.07) is 18.8. The molecular formula is C25H31N3O. The first-order valence-electron chi connectivity index (χ1n) is 11.0. The zero-order valence-electron chi connectivity index (χ0n) is 17.3. The van der Waals surface area contributed by atoms with Crippen molar-refractivity contribution in [2.75, 3.05) is 0 Å². The van der Waals surface area contributed by atoms with Crippen LogP contribution < -0.4 is 5.32 Å². The molecule has 4 nitrogen and oxygen atoms in total. The second-order valence-electron chi connectivity index (χ2n) is 8.26. The molecule has 1 heterocycles. The summed E-state index contributed by atoms with van der Waals surface area (Å²) in [4.78, 5) is 17.6. The number of amides is 1. The zero-order valence-corrected chi connectivity index (χ0v) is 17.3. The fourth-order valence-electron chi connectivity index (χ4n) is 4.51. The Kier molecular flexibility index (Phi) is 6.28. The van der Waals surface area contributed by atoms with E-state index in [2.05, 4.69) is 65.3 Å². The molecule has 1 unspecified atom stereocenters. The van der Waals surface area contributed by atoms with Gasteiger partial charge in [0, 0.05) is 12.5 Å². The van der Waals surface area contributed by atoms with Crippen molar-refractivity contribution in [1.82, 2.24) is 14.9 Å². The van der Waals surface area contributed by atoms with Gasteiger partial charge in [0.2, 0.25) is 5.91 Å². The lowest BCUT2D eigenvalue weighted by molar-refractivity contribution is -0.126. The van der Waals surface area contributed by atoms with Gasteiger partial charge in [-0.2, -0.15) is 0 Å². The molecule has 1 aliphatic rings. The molecule has 29 heavy (non-hydrogen) atoms. The number of nitrogens with zero attached hydrogens (tertiary/aromatic N) is 2. The summed E-state index contributed by atoms with van der Waals surface area (Å²) in [5, 5.41) is 3.25. The van der Waals surface area contributed by atoms with Crippen LogP contribution in [-0.2, 0) is 17.8 Å². The van der Waals surface area contributed by atoms with Crippen molar-refractivity contribution >= 4 is 16.9 Å². The maximum Gasteiger partial charge on any atom is 0.223 e. The summed E-state index contributed by atoms with van der Waals surface area (Å²) in [6.45, 7) is 2.96. The predicted octanol–water partition coefficient (Wildman–Crippen LogP) is 5.43. The standard InChI is InChI=1S/C25H31N3O/c1-19(26-25(29)21-14-6-3-7-15-21)24-27-22-16-8-9-17-23(22)28(24)18-10-13-20-11-4-2-5-12-20/h2,4-5,8-9,11-12,16-17,19,21H,3,6-7,10,13-15,18H2,1H3,(H,26,29). The molecule has 1 N–H and O–H groups in total. The number of carbonyl (C=O) groups is 1. The average Bonchev–Trinajstić information content (AvgIpc) is 3.14. The third kappa shape index (κ3) is 4.69. The molecule has 1 atom stereocenters. The molecule has 2 aromatic carbocycles. The molecule has 0 spiro atoms. The molecular weight excluding hydrogens is 358 g/mol. The lowest BCUT2D eigenvalue weighted by atomic mass is 9.88. The van der Waals surface area contributed by atoms with Crippen LogP contribution in [0.2, 0.25) is 0 Å². The van der Waals surface area contributed by atoms with Gasteiger partial charge in [-0.15, -0.1) is 0 Å². The van der Waals surface area contributed by atoms with E-state index in [9.17, 15) is 4.79 Å². The third-order valence-electron chi connectivity index (χ3n) is 6.10. The summed E-state index contributed by atoms with van der Waals surface area (Å²) < 4.78 is 2.30. The molecule has 4 rings (SSSR count). The average molecular weight is 390 g/mol. The summed E-state index contributed by atoms with van der Waals surface area (Å²) in [5.41, 5.74) is 3.51.